The maximum atomic E-state index is 11.5. The quantitative estimate of drug-likeness (QED) is 0.486. The summed E-state index contributed by atoms with van der Waals surface area (Å²) in [4.78, 5) is 22.1. The minimum Gasteiger partial charge on any atom is -0.504 e. The van der Waals surface area contributed by atoms with Crippen LogP contribution in [0.1, 0.15) is 5.56 Å². The maximum Gasteiger partial charge on any atom is 0.328 e. The topological polar surface area (TPSA) is 115 Å². The van der Waals surface area contributed by atoms with Gasteiger partial charge in [-0.1, -0.05) is 12.1 Å². The van der Waals surface area contributed by atoms with Crippen molar-refractivity contribution in [2.75, 3.05) is 0 Å². The number of aliphatic carboxylic acids is 1. The largest absolute Gasteiger partial charge is 0.504 e. The van der Waals surface area contributed by atoms with E-state index in [4.69, 9.17) is 5.11 Å². The lowest BCUT2D eigenvalue weighted by Crippen LogP contribution is -1.93. The Morgan fingerprint density at radius 3 is 2.45 bits per heavy atom. The lowest BCUT2D eigenvalue weighted by atomic mass is 10.0. The fourth-order valence-electron chi connectivity index (χ4n) is 1.85. The zero-order valence-electron chi connectivity index (χ0n) is 10.1. The Labute approximate surface area is 112 Å². The number of carboxylic acid groups (broad SMARTS) is 1. The third kappa shape index (κ3) is 2.26. The van der Waals surface area contributed by atoms with Gasteiger partial charge in [-0.05, 0) is 29.2 Å². The van der Waals surface area contributed by atoms with Crippen molar-refractivity contribution in [3.63, 3.8) is 0 Å². The molecule has 2 aromatic carbocycles. The number of carbonyl (C=O) groups is 1. The van der Waals surface area contributed by atoms with Gasteiger partial charge >= 0.3 is 5.97 Å². The van der Waals surface area contributed by atoms with Gasteiger partial charge in [0, 0.05) is 6.08 Å². The van der Waals surface area contributed by atoms with Gasteiger partial charge in [0.2, 0.25) is 5.43 Å². The van der Waals surface area contributed by atoms with E-state index in [9.17, 15) is 24.9 Å². The molecule has 0 aromatic heterocycles. The van der Waals surface area contributed by atoms with Gasteiger partial charge in [0.1, 0.15) is 0 Å². The van der Waals surface area contributed by atoms with Gasteiger partial charge in [0.05, 0.1) is 5.39 Å². The fourth-order valence-corrected chi connectivity index (χ4v) is 1.85. The lowest BCUT2D eigenvalue weighted by Gasteiger charge is -2.06. The highest BCUT2D eigenvalue weighted by Crippen LogP contribution is 2.39. The molecule has 6 heteroatoms. The molecule has 0 aliphatic rings. The van der Waals surface area contributed by atoms with Crippen LogP contribution in [0.5, 0.6) is 17.2 Å². The van der Waals surface area contributed by atoms with Crippen LogP contribution in [0.3, 0.4) is 0 Å². The maximum absolute atomic E-state index is 11.5. The van der Waals surface area contributed by atoms with Gasteiger partial charge in [-0.15, -0.1) is 0 Å². The molecule has 0 aliphatic heterocycles. The molecule has 0 bridgehead atoms. The van der Waals surface area contributed by atoms with E-state index in [0.717, 1.165) is 18.2 Å². The molecule has 2 rings (SSSR count). The molecule has 0 saturated heterocycles. The van der Waals surface area contributed by atoms with Crippen molar-refractivity contribution >= 4 is 22.8 Å². The SMILES string of the molecule is O=C(O)C=Cc1cc(O)c(O)c2c(O)c(=O)cccc12. The van der Waals surface area contributed by atoms with Crippen molar-refractivity contribution in [3.8, 4) is 17.2 Å². The van der Waals surface area contributed by atoms with Crippen LogP contribution in [-0.4, -0.2) is 26.4 Å². The lowest BCUT2D eigenvalue weighted by molar-refractivity contribution is -0.131. The second-order valence-corrected chi connectivity index (χ2v) is 4.03. The van der Waals surface area contributed by atoms with Crippen LogP contribution in [0, 0.1) is 0 Å². The summed E-state index contributed by atoms with van der Waals surface area (Å²) < 4.78 is 0. The molecule has 0 atom stereocenters. The predicted molar refractivity (Wildman–Crippen MR) is 71.9 cm³/mol. The Hall–Kier alpha value is -3.02. The summed E-state index contributed by atoms with van der Waals surface area (Å²) >= 11 is 0. The van der Waals surface area contributed by atoms with Crippen LogP contribution in [0.4, 0.5) is 0 Å². The average molecular weight is 274 g/mol. The van der Waals surface area contributed by atoms with E-state index in [1.165, 1.54) is 18.2 Å². The van der Waals surface area contributed by atoms with Crippen LogP contribution in [-0.2, 0) is 4.79 Å². The molecule has 0 radical (unpaired) electrons. The summed E-state index contributed by atoms with van der Waals surface area (Å²) in [6.45, 7) is 0. The highest BCUT2D eigenvalue weighted by molar-refractivity contribution is 6.01. The number of phenolic OH excluding ortho intramolecular Hbond substituents is 2. The smallest absolute Gasteiger partial charge is 0.328 e. The summed E-state index contributed by atoms with van der Waals surface area (Å²) in [6, 6.07) is 5.02. The van der Waals surface area contributed by atoms with Crippen LogP contribution >= 0.6 is 0 Å². The van der Waals surface area contributed by atoms with Gasteiger partial charge < -0.3 is 20.4 Å². The Morgan fingerprint density at radius 1 is 1.10 bits per heavy atom. The number of carboxylic acids is 1. The van der Waals surface area contributed by atoms with E-state index in [0.29, 0.717) is 0 Å². The average Bonchev–Trinajstić information content (AvgIpc) is 2.53. The third-order valence-electron chi connectivity index (χ3n) is 2.74. The molecule has 2 aromatic rings. The van der Waals surface area contributed by atoms with Crippen molar-refractivity contribution in [2.24, 2.45) is 0 Å². The first kappa shape index (κ1) is 13.4. The van der Waals surface area contributed by atoms with E-state index < -0.39 is 28.6 Å². The van der Waals surface area contributed by atoms with Gasteiger partial charge in [-0.2, -0.15) is 0 Å². The Morgan fingerprint density at radius 2 is 1.80 bits per heavy atom. The van der Waals surface area contributed by atoms with E-state index in [1.54, 1.807) is 0 Å². The molecule has 0 aliphatic carbocycles. The third-order valence-corrected chi connectivity index (χ3v) is 2.74. The first-order valence-corrected chi connectivity index (χ1v) is 5.53. The molecule has 0 spiro atoms. The molecule has 20 heavy (non-hydrogen) atoms. The van der Waals surface area contributed by atoms with Gasteiger partial charge in [-0.25, -0.2) is 4.79 Å². The molecule has 4 N–H and O–H groups in total. The molecule has 0 fully saturated rings. The molecule has 6 nitrogen and oxygen atoms in total. The number of hydrogen-bond donors (Lipinski definition) is 4. The fraction of sp³-hybridized carbons (Fsp3) is 0. The molecule has 0 heterocycles. The van der Waals surface area contributed by atoms with Gasteiger partial charge in [0.15, 0.2) is 17.2 Å². The highest BCUT2D eigenvalue weighted by atomic mass is 16.4. The Balaban J connectivity index is 2.97. The molecular weight excluding hydrogens is 264 g/mol. The minimum absolute atomic E-state index is 0.231. The first-order valence-electron chi connectivity index (χ1n) is 5.53. The van der Waals surface area contributed by atoms with Crippen molar-refractivity contribution < 1.29 is 25.2 Å². The number of phenols is 2. The van der Waals surface area contributed by atoms with Crippen molar-refractivity contribution in [3.05, 3.63) is 46.1 Å². The Kier molecular flexibility index (Phi) is 3.30. The zero-order chi connectivity index (χ0) is 14.9. The van der Waals surface area contributed by atoms with Crippen molar-refractivity contribution in [1.82, 2.24) is 0 Å². The molecular formula is C14H10O6. The normalized spacial score (nSPS) is 11.0. The first-order chi connectivity index (χ1) is 9.41. The summed E-state index contributed by atoms with van der Waals surface area (Å²) in [7, 11) is 0. The summed E-state index contributed by atoms with van der Waals surface area (Å²) in [5, 5.41) is 37.8. The van der Waals surface area contributed by atoms with Gasteiger partial charge in [-0.3, -0.25) is 4.79 Å². The number of fused-ring (bicyclic) bond motifs is 1. The Bertz CT molecular complexity index is 792. The molecule has 0 unspecified atom stereocenters. The van der Waals surface area contributed by atoms with E-state index >= 15 is 0 Å². The molecule has 102 valence electrons. The summed E-state index contributed by atoms with van der Waals surface area (Å²) in [5.74, 6) is -3.12. The van der Waals surface area contributed by atoms with Crippen LogP contribution in [0.15, 0.2) is 35.1 Å². The van der Waals surface area contributed by atoms with E-state index in [2.05, 4.69) is 0 Å². The zero-order valence-corrected chi connectivity index (χ0v) is 10.1. The second-order valence-electron chi connectivity index (χ2n) is 4.03. The molecule has 0 amide bonds. The molecule has 0 saturated carbocycles. The van der Waals surface area contributed by atoms with Crippen molar-refractivity contribution in [2.45, 2.75) is 0 Å². The second kappa shape index (κ2) is 4.93. The van der Waals surface area contributed by atoms with E-state index in [-0.39, 0.29) is 16.3 Å². The number of rotatable bonds is 2. The van der Waals surface area contributed by atoms with Gasteiger partial charge in [0.25, 0.3) is 0 Å². The predicted octanol–water partition coefficient (Wildman–Crippen LogP) is 1.41. The van der Waals surface area contributed by atoms with Crippen LogP contribution < -0.4 is 5.43 Å². The number of hydrogen-bond acceptors (Lipinski definition) is 5. The summed E-state index contributed by atoms with van der Waals surface area (Å²) in [5.41, 5.74) is -0.488. The van der Waals surface area contributed by atoms with Crippen LogP contribution in [0.2, 0.25) is 0 Å². The highest BCUT2D eigenvalue weighted by Gasteiger charge is 2.14. The van der Waals surface area contributed by atoms with Crippen LogP contribution in [0.25, 0.3) is 16.8 Å². The summed E-state index contributed by atoms with van der Waals surface area (Å²) in [6.07, 6.45) is 2.03. The monoisotopic (exact) mass is 274 g/mol. The van der Waals surface area contributed by atoms with Crippen molar-refractivity contribution in [1.29, 1.82) is 0 Å². The minimum atomic E-state index is -1.19. The van der Waals surface area contributed by atoms with E-state index in [1.807, 2.05) is 0 Å². The standard InChI is InChI=1S/C14H10O6/c15-9-3-1-2-8-7(4-5-11(17)18)6-10(16)14(20)12(8)13(9)19/h1-6,16,20H,(H,15,19)(H,17,18). The number of benzene rings is 1. The number of aromatic hydroxyl groups is 3.